The Morgan fingerprint density at radius 2 is 1.84 bits per heavy atom. The summed E-state index contributed by atoms with van der Waals surface area (Å²) in [5.74, 6) is 0.381. The van der Waals surface area contributed by atoms with Crippen LogP contribution in [0.5, 0.6) is 5.75 Å². The van der Waals surface area contributed by atoms with E-state index in [1.807, 2.05) is 0 Å². The van der Waals surface area contributed by atoms with Gasteiger partial charge in [0.25, 0.3) is 5.91 Å². The van der Waals surface area contributed by atoms with Gasteiger partial charge in [-0.05, 0) is 40.2 Å². The number of carbonyl (C=O) groups excluding carboxylic acids is 1. The van der Waals surface area contributed by atoms with E-state index in [9.17, 15) is 4.79 Å². The highest BCUT2D eigenvalue weighted by molar-refractivity contribution is 9.09. The van der Waals surface area contributed by atoms with E-state index in [0.717, 1.165) is 0 Å². The van der Waals surface area contributed by atoms with Crippen LogP contribution in [0.2, 0.25) is 5.02 Å². The van der Waals surface area contributed by atoms with Gasteiger partial charge in [0.2, 0.25) is 5.01 Å². The fraction of sp³-hybridized carbons (Fsp3) is 0.214. The quantitative estimate of drug-likeness (QED) is 0.558. The number of alkyl halides is 1. The second-order valence-corrected chi connectivity index (χ2v) is 4.98. The van der Waals surface area contributed by atoms with Crippen LogP contribution in [0.3, 0.4) is 0 Å². The molecular formula is C14H15BrClNO2. The highest BCUT2D eigenvalue weighted by Gasteiger charge is 2.21. The van der Waals surface area contributed by atoms with Gasteiger partial charge in [0.05, 0.1) is 0 Å². The van der Waals surface area contributed by atoms with Crippen molar-refractivity contribution in [3.8, 4) is 5.75 Å². The summed E-state index contributed by atoms with van der Waals surface area (Å²) >= 11 is 9.00. The van der Waals surface area contributed by atoms with E-state index in [0.29, 0.717) is 23.9 Å². The van der Waals surface area contributed by atoms with Crippen molar-refractivity contribution in [2.75, 3.05) is 13.1 Å². The van der Waals surface area contributed by atoms with E-state index in [2.05, 4.69) is 29.1 Å². The van der Waals surface area contributed by atoms with E-state index in [4.69, 9.17) is 16.3 Å². The summed E-state index contributed by atoms with van der Waals surface area (Å²) in [6.07, 6.45) is 3.31. The molecule has 0 aliphatic carbocycles. The van der Waals surface area contributed by atoms with Crippen molar-refractivity contribution in [3.05, 3.63) is 54.6 Å². The van der Waals surface area contributed by atoms with Crippen molar-refractivity contribution in [1.29, 1.82) is 0 Å². The Morgan fingerprint density at radius 1 is 1.32 bits per heavy atom. The topological polar surface area (TPSA) is 29.5 Å². The van der Waals surface area contributed by atoms with Crippen LogP contribution in [-0.4, -0.2) is 28.9 Å². The van der Waals surface area contributed by atoms with Gasteiger partial charge in [0.1, 0.15) is 5.75 Å². The zero-order valence-electron chi connectivity index (χ0n) is 10.4. The Kier molecular flexibility index (Phi) is 6.67. The van der Waals surface area contributed by atoms with Crippen molar-refractivity contribution in [1.82, 2.24) is 4.90 Å². The lowest BCUT2D eigenvalue weighted by Crippen LogP contribution is -2.39. The monoisotopic (exact) mass is 343 g/mol. The molecule has 1 unspecified atom stereocenters. The molecule has 0 aliphatic rings. The predicted molar refractivity (Wildman–Crippen MR) is 81.8 cm³/mol. The van der Waals surface area contributed by atoms with Gasteiger partial charge in [-0.1, -0.05) is 23.8 Å². The van der Waals surface area contributed by atoms with Gasteiger partial charge in [0.15, 0.2) is 0 Å². The minimum atomic E-state index is -0.756. The second-order valence-electron chi connectivity index (χ2n) is 3.71. The van der Waals surface area contributed by atoms with Gasteiger partial charge in [-0.2, -0.15) is 0 Å². The number of carbonyl (C=O) groups is 1. The highest BCUT2D eigenvalue weighted by Crippen LogP contribution is 2.19. The predicted octanol–water partition coefficient (Wildman–Crippen LogP) is 3.64. The van der Waals surface area contributed by atoms with Crippen LogP contribution in [-0.2, 0) is 4.79 Å². The lowest BCUT2D eigenvalue weighted by Gasteiger charge is -2.22. The summed E-state index contributed by atoms with van der Waals surface area (Å²) in [5, 5.41) is -0.140. The first kappa shape index (κ1) is 15.8. The minimum Gasteiger partial charge on any atom is -0.469 e. The molecule has 1 aromatic rings. The standard InChI is InChI=1S/C14H15BrClNO2/c1-3-9-17(10-4-2)14(18)13(15)19-12-7-5-11(16)6-8-12/h3-8,13H,1-2,9-10H2. The SMILES string of the molecule is C=CCN(CC=C)C(=O)C(Br)Oc1ccc(Cl)cc1. The molecule has 3 nitrogen and oxygen atoms in total. The van der Waals surface area contributed by atoms with E-state index in [-0.39, 0.29) is 5.91 Å². The molecule has 102 valence electrons. The lowest BCUT2D eigenvalue weighted by molar-refractivity contribution is -0.133. The molecule has 1 amide bonds. The van der Waals surface area contributed by atoms with Crippen molar-refractivity contribution < 1.29 is 9.53 Å². The number of ether oxygens (including phenoxy) is 1. The van der Waals surface area contributed by atoms with Crippen molar-refractivity contribution in [2.45, 2.75) is 5.01 Å². The van der Waals surface area contributed by atoms with Crippen molar-refractivity contribution >= 4 is 33.4 Å². The van der Waals surface area contributed by atoms with Gasteiger partial charge in [0, 0.05) is 18.1 Å². The van der Waals surface area contributed by atoms with Crippen LogP contribution >= 0.6 is 27.5 Å². The molecule has 1 rings (SSSR count). The molecule has 0 N–H and O–H groups in total. The largest absolute Gasteiger partial charge is 0.469 e. The Hall–Kier alpha value is -1.26. The van der Waals surface area contributed by atoms with E-state index >= 15 is 0 Å². The number of hydrogen-bond donors (Lipinski definition) is 0. The molecule has 1 atom stereocenters. The number of rotatable bonds is 7. The first-order valence-electron chi connectivity index (χ1n) is 5.65. The maximum absolute atomic E-state index is 12.1. The van der Waals surface area contributed by atoms with Gasteiger partial charge in [-0.25, -0.2) is 0 Å². The van der Waals surface area contributed by atoms with Crippen molar-refractivity contribution in [2.24, 2.45) is 0 Å². The fourth-order valence-electron chi connectivity index (χ4n) is 1.39. The number of benzene rings is 1. The van der Waals surface area contributed by atoms with Crippen LogP contribution < -0.4 is 4.74 Å². The summed E-state index contributed by atoms with van der Waals surface area (Å²) < 4.78 is 5.50. The van der Waals surface area contributed by atoms with E-state index in [1.165, 1.54) is 0 Å². The van der Waals surface area contributed by atoms with Crippen molar-refractivity contribution in [3.63, 3.8) is 0 Å². The summed E-state index contributed by atoms with van der Waals surface area (Å²) in [5.41, 5.74) is 0. The summed E-state index contributed by atoms with van der Waals surface area (Å²) in [6, 6.07) is 6.81. The van der Waals surface area contributed by atoms with Crippen LogP contribution in [0.1, 0.15) is 0 Å². The molecule has 0 aliphatic heterocycles. The summed E-state index contributed by atoms with van der Waals surface area (Å²) in [6.45, 7) is 8.12. The first-order chi connectivity index (χ1) is 9.08. The Balaban J connectivity index is 2.67. The summed E-state index contributed by atoms with van der Waals surface area (Å²) in [7, 11) is 0. The smallest absolute Gasteiger partial charge is 0.275 e. The Labute approximate surface area is 126 Å². The minimum absolute atomic E-state index is 0.185. The van der Waals surface area contributed by atoms with Crippen LogP contribution in [0.4, 0.5) is 0 Å². The average molecular weight is 345 g/mol. The Bertz CT molecular complexity index is 437. The second kappa shape index (κ2) is 8.02. The molecule has 0 heterocycles. The molecule has 19 heavy (non-hydrogen) atoms. The number of amides is 1. The highest BCUT2D eigenvalue weighted by atomic mass is 79.9. The lowest BCUT2D eigenvalue weighted by atomic mass is 10.3. The molecule has 0 saturated carbocycles. The van der Waals surface area contributed by atoms with Gasteiger partial charge < -0.3 is 9.64 Å². The molecule has 0 saturated heterocycles. The maximum Gasteiger partial charge on any atom is 0.275 e. The molecular weight excluding hydrogens is 330 g/mol. The molecule has 0 bridgehead atoms. The molecule has 0 radical (unpaired) electrons. The van der Waals surface area contributed by atoms with E-state index < -0.39 is 5.01 Å². The normalized spacial score (nSPS) is 11.5. The number of nitrogens with zero attached hydrogens (tertiary/aromatic N) is 1. The third-order valence-electron chi connectivity index (χ3n) is 2.26. The van der Waals surface area contributed by atoms with Gasteiger partial charge in [-0.3, -0.25) is 4.79 Å². The summed E-state index contributed by atoms with van der Waals surface area (Å²) in [4.78, 5) is 13.7. The van der Waals surface area contributed by atoms with Crippen LogP contribution in [0.15, 0.2) is 49.6 Å². The average Bonchev–Trinajstić information content (AvgIpc) is 2.40. The molecule has 5 heteroatoms. The van der Waals surface area contributed by atoms with Crippen LogP contribution in [0.25, 0.3) is 0 Å². The first-order valence-corrected chi connectivity index (χ1v) is 6.94. The Morgan fingerprint density at radius 3 is 2.32 bits per heavy atom. The van der Waals surface area contributed by atoms with E-state index in [1.54, 1.807) is 41.3 Å². The van der Waals surface area contributed by atoms with Gasteiger partial charge >= 0.3 is 0 Å². The third-order valence-corrected chi connectivity index (χ3v) is 3.09. The van der Waals surface area contributed by atoms with Gasteiger partial charge in [-0.15, -0.1) is 13.2 Å². The van der Waals surface area contributed by atoms with Crippen LogP contribution in [0, 0.1) is 0 Å². The molecule has 0 fully saturated rings. The molecule has 1 aromatic carbocycles. The fourth-order valence-corrected chi connectivity index (χ4v) is 2.02. The molecule has 0 spiro atoms. The molecule has 0 aromatic heterocycles. The number of hydrogen-bond acceptors (Lipinski definition) is 2. The zero-order valence-corrected chi connectivity index (χ0v) is 12.7. The third kappa shape index (κ3) is 5.09. The zero-order chi connectivity index (χ0) is 14.3. The number of halogens is 2. The maximum atomic E-state index is 12.1.